The zero-order valence-electron chi connectivity index (χ0n) is 8.97. The quantitative estimate of drug-likeness (QED) is 0.904. The summed E-state index contributed by atoms with van der Waals surface area (Å²) in [6, 6.07) is 7.89. The number of halogens is 1. The fraction of sp³-hybridized carbons (Fsp3) is 0.154. The molecule has 0 radical (unpaired) electrons. The fourth-order valence-corrected chi connectivity index (χ4v) is 2.41. The molecule has 2 nitrogen and oxygen atoms in total. The number of thiophene rings is 1. The maximum Gasteiger partial charge on any atom is 0.311 e. The minimum atomic E-state index is -0.999. The molecule has 0 aliphatic heterocycles. The van der Waals surface area contributed by atoms with E-state index in [2.05, 4.69) is 0 Å². The van der Waals surface area contributed by atoms with Gasteiger partial charge in [-0.05, 0) is 34.9 Å². The van der Waals surface area contributed by atoms with Crippen LogP contribution in [0.1, 0.15) is 17.0 Å². The Balaban J connectivity index is 2.30. The van der Waals surface area contributed by atoms with Gasteiger partial charge in [0.25, 0.3) is 0 Å². The summed E-state index contributed by atoms with van der Waals surface area (Å²) in [7, 11) is 0. The Labute approximate surface area is 102 Å². The van der Waals surface area contributed by atoms with E-state index >= 15 is 0 Å². The van der Waals surface area contributed by atoms with E-state index < -0.39 is 17.7 Å². The van der Waals surface area contributed by atoms with E-state index in [4.69, 9.17) is 0 Å². The van der Waals surface area contributed by atoms with Gasteiger partial charge in [0.1, 0.15) is 5.82 Å². The minimum Gasteiger partial charge on any atom is -0.481 e. The van der Waals surface area contributed by atoms with Crippen molar-refractivity contribution in [2.24, 2.45) is 0 Å². The second-order valence-electron chi connectivity index (χ2n) is 3.75. The molecule has 17 heavy (non-hydrogen) atoms. The molecule has 0 aliphatic rings. The van der Waals surface area contributed by atoms with Crippen molar-refractivity contribution in [3.05, 3.63) is 58.0 Å². The van der Waals surface area contributed by atoms with Crippen LogP contribution in [-0.4, -0.2) is 11.1 Å². The normalized spacial score (nSPS) is 12.3. The standard InChI is InChI=1S/C13H11FO2S/c14-12-4-2-1-3-10(12)11(13(15)16)7-9-5-6-17-8-9/h1-6,8,11H,7H2,(H,15,16). The molecule has 0 spiro atoms. The molecule has 1 aromatic heterocycles. The molecule has 1 unspecified atom stereocenters. The Morgan fingerprint density at radius 3 is 2.71 bits per heavy atom. The average Bonchev–Trinajstić information content (AvgIpc) is 2.79. The molecule has 1 atom stereocenters. The zero-order chi connectivity index (χ0) is 12.3. The summed E-state index contributed by atoms with van der Waals surface area (Å²) in [6.45, 7) is 0. The Bertz CT molecular complexity index is 508. The Kier molecular flexibility index (Phi) is 3.54. The molecule has 0 aliphatic carbocycles. The second-order valence-corrected chi connectivity index (χ2v) is 4.53. The zero-order valence-corrected chi connectivity index (χ0v) is 9.78. The van der Waals surface area contributed by atoms with Crippen LogP contribution in [0.15, 0.2) is 41.1 Å². The predicted molar refractivity (Wildman–Crippen MR) is 64.8 cm³/mol. The summed E-state index contributed by atoms with van der Waals surface area (Å²) in [5.74, 6) is -2.29. The van der Waals surface area contributed by atoms with Crippen molar-refractivity contribution < 1.29 is 14.3 Å². The average molecular weight is 250 g/mol. The highest BCUT2D eigenvalue weighted by atomic mass is 32.1. The first-order valence-corrected chi connectivity index (χ1v) is 6.11. The van der Waals surface area contributed by atoms with Gasteiger partial charge in [-0.3, -0.25) is 4.79 Å². The van der Waals surface area contributed by atoms with Gasteiger partial charge < -0.3 is 5.11 Å². The van der Waals surface area contributed by atoms with Gasteiger partial charge in [-0.1, -0.05) is 18.2 Å². The third-order valence-corrected chi connectivity index (χ3v) is 3.33. The van der Waals surface area contributed by atoms with E-state index in [9.17, 15) is 14.3 Å². The number of hydrogen-bond donors (Lipinski definition) is 1. The SMILES string of the molecule is O=C(O)C(Cc1ccsc1)c1ccccc1F. The Morgan fingerprint density at radius 1 is 1.35 bits per heavy atom. The number of carboxylic acid groups (broad SMARTS) is 1. The van der Waals surface area contributed by atoms with E-state index in [-0.39, 0.29) is 5.56 Å². The lowest BCUT2D eigenvalue weighted by Crippen LogP contribution is -2.15. The Hall–Kier alpha value is -1.68. The highest BCUT2D eigenvalue weighted by Crippen LogP contribution is 2.24. The largest absolute Gasteiger partial charge is 0.481 e. The van der Waals surface area contributed by atoms with Crippen molar-refractivity contribution in [2.75, 3.05) is 0 Å². The first kappa shape index (κ1) is 11.8. The summed E-state index contributed by atoms with van der Waals surface area (Å²) >= 11 is 1.51. The topological polar surface area (TPSA) is 37.3 Å². The van der Waals surface area contributed by atoms with Gasteiger partial charge in [0.05, 0.1) is 5.92 Å². The van der Waals surface area contributed by atoms with Crippen LogP contribution >= 0.6 is 11.3 Å². The summed E-state index contributed by atoms with van der Waals surface area (Å²) in [4.78, 5) is 11.2. The van der Waals surface area contributed by atoms with E-state index in [1.54, 1.807) is 12.1 Å². The summed E-state index contributed by atoms with van der Waals surface area (Å²) in [5, 5.41) is 13.0. The predicted octanol–water partition coefficient (Wildman–Crippen LogP) is 3.30. The first-order chi connectivity index (χ1) is 8.18. The van der Waals surface area contributed by atoms with E-state index in [0.717, 1.165) is 5.56 Å². The lowest BCUT2D eigenvalue weighted by molar-refractivity contribution is -0.138. The number of carbonyl (C=O) groups is 1. The number of benzene rings is 1. The number of rotatable bonds is 4. The van der Waals surface area contributed by atoms with Gasteiger partial charge in [0.2, 0.25) is 0 Å². The number of carboxylic acids is 1. The van der Waals surface area contributed by atoms with Gasteiger partial charge in [0.15, 0.2) is 0 Å². The molecule has 0 saturated heterocycles. The van der Waals surface area contributed by atoms with Crippen LogP contribution in [0.2, 0.25) is 0 Å². The van der Waals surface area contributed by atoms with Gasteiger partial charge in [0, 0.05) is 5.56 Å². The fourth-order valence-electron chi connectivity index (χ4n) is 1.73. The molecule has 1 aromatic carbocycles. The number of hydrogen-bond acceptors (Lipinski definition) is 2. The van der Waals surface area contributed by atoms with Gasteiger partial charge in [-0.2, -0.15) is 11.3 Å². The molecular formula is C13H11FO2S. The molecule has 2 aromatic rings. The summed E-state index contributed by atoms with van der Waals surface area (Å²) in [5.41, 5.74) is 1.16. The van der Waals surface area contributed by atoms with Gasteiger partial charge in [-0.15, -0.1) is 0 Å². The Morgan fingerprint density at radius 2 is 2.12 bits per heavy atom. The van der Waals surface area contributed by atoms with Crippen molar-refractivity contribution in [3.63, 3.8) is 0 Å². The van der Waals surface area contributed by atoms with Crippen LogP contribution in [0.25, 0.3) is 0 Å². The van der Waals surface area contributed by atoms with Crippen LogP contribution in [0.3, 0.4) is 0 Å². The molecule has 4 heteroatoms. The van der Waals surface area contributed by atoms with Gasteiger partial charge >= 0.3 is 5.97 Å². The highest BCUT2D eigenvalue weighted by Gasteiger charge is 2.23. The maximum absolute atomic E-state index is 13.6. The van der Waals surface area contributed by atoms with Crippen molar-refractivity contribution in [1.29, 1.82) is 0 Å². The van der Waals surface area contributed by atoms with Crippen molar-refractivity contribution in [2.45, 2.75) is 12.3 Å². The summed E-state index contributed by atoms with van der Waals surface area (Å²) < 4.78 is 13.6. The molecular weight excluding hydrogens is 239 g/mol. The van der Waals surface area contributed by atoms with Crippen LogP contribution < -0.4 is 0 Å². The lowest BCUT2D eigenvalue weighted by Gasteiger charge is -2.12. The van der Waals surface area contributed by atoms with E-state index in [0.29, 0.717) is 6.42 Å². The molecule has 2 rings (SSSR count). The maximum atomic E-state index is 13.6. The van der Waals surface area contributed by atoms with E-state index in [1.807, 2.05) is 16.8 Å². The smallest absolute Gasteiger partial charge is 0.311 e. The molecule has 0 saturated carbocycles. The van der Waals surface area contributed by atoms with E-state index in [1.165, 1.54) is 23.5 Å². The van der Waals surface area contributed by atoms with Gasteiger partial charge in [-0.25, -0.2) is 4.39 Å². The van der Waals surface area contributed by atoms with Crippen LogP contribution in [-0.2, 0) is 11.2 Å². The lowest BCUT2D eigenvalue weighted by atomic mass is 9.93. The second kappa shape index (κ2) is 5.10. The van der Waals surface area contributed by atoms with Crippen molar-refractivity contribution in [3.8, 4) is 0 Å². The number of aliphatic carboxylic acids is 1. The van der Waals surface area contributed by atoms with Crippen molar-refractivity contribution in [1.82, 2.24) is 0 Å². The monoisotopic (exact) mass is 250 g/mol. The highest BCUT2D eigenvalue weighted by molar-refractivity contribution is 7.07. The molecule has 1 N–H and O–H groups in total. The third kappa shape index (κ3) is 2.71. The first-order valence-electron chi connectivity index (χ1n) is 5.17. The summed E-state index contributed by atoms with van der Waals surface area (Å²) in [6.07, 6.45) is 0.319. The molecule has 0 amide bonds. The minimum absolute atomic E-state index is 0.242. The van der Waals surface area contributed by atoms with Crippen LogP contribution in [0.4, 0.5) is 4.39 Å². The molecule has 0 fully saturated rings. The van der Waals surface area contributed by atoms with Crippen LogP contribution in [0.5, 0.6) is 0 Å². The molecule has 88 valence electrons. The molecule has 0 bridgehead atoms. The third-order valence-electron chi connectivity index (χ3n) is 2.60. The van der Waals surface area contributed by atoms with Crippen molar-refractivity contribution >= 4 is 17.3 Å². The molecule has 1 heterocycles. The van der Waals surface area contributed by atoms with Crippen LogP contribution in [0, 0.1) is 5.82 Å².